The molecule has 1 heterocycles. The summed E-state index contributed by atoms with van der Waals surface area (Å²) in [7, 11) is -6.02. The van der Waals surface area contributed by atoms with Gasteiger partial charge in [0.25, 0.3) is 0 Å². The second-order valence-electron chi connectivity index (χ2n) is 5.02. The number of hydrogen-bond acceptors (Lipinski definition) is 10. The summed E-state index contributed by atoms with van der Waals surface area (Å²) in [6, 6.07) is 0. The summed E-state index contributed by atoms with van der Waals surface area (Å²) >= 11 is 0. The van der Waals surface area contributed by atoms with Crippen LogP contribution in [0.25, 0.3) is 0 Å². The molecule has 12 heteroatoms. The molecule has 1 fully saturated rings. The monoisotopic (exact) mass is 364 g/mol. The van der Waals surface area contributed by atoms with Crippen LogP contribution in [0.4, 0.5) is 0 Å². The zero-order valence-electron chi connectivity index (χ0n) is 11.4. The van der Waals surface area contributed by atoms with Crippen LogP contribution >= 0.6 is 0 Å². The lowest BCUT2D eigenvalue weighted by Crippen LogP contribution is -2.43. The smallest absolute Gasteiger partial charge is 0.218 e. The largest absolute Gasteiger partial charge is 0.726 e. The lowest BCUT2D eigenvalue weighted by Gasteiger charge is -2.22. The Morgan fingerprint density at radius 3 is 1.95 bits per heavy atom. The fourth-order valence-corrected chi connectivity index (χ4v) is 5.01. The van der Waals surface area contributed by atoms with Crippen LogP contribution in [0.3, 0.4) is 0 Å². The van der Waals surface area contributed by atoms with Crippen molar-refractivity contribution >= 4 is 21.3 Å². The van der Waals surface area contributed by atoms with E-state index in [2.05, 4.69) is 4.18 Å². The predicted octanol–water partition coefficient (Wildman–Crippen LogP) is -4.74. The SMILES string of the molecule is O=S(=O)([O-])O[C@H](CO)[C@@H](O)C[S+]1C[C@@H](O)[C@@H](O)[C@H](O)[C@H](O)C1. The third-order valence-corrected chi connectivity index (χ3v) is 6.13. The van der Waals surface area contributed by atoms with Crippen molar-refractivity contribution in [3.63, 3.8) is 0 Å². The zero-order valence-corrected chi connectivity index (χ0v) is 13.1. The van der Waals surface area contributed by atoms with Crippen LogP contribution in [0.15, 0.2) is 0 Å². The van der Waals surface area contributed by atoms with Gasteiger partial charge in [-0.15, -0.1) is 0 Å². The first kappa shape index (κ1) is 20.0. The number of aliphatic hydroxyl groups is 6. The van der Waals surface area contributed by atoms with Gasteiger partial charge in [-0.2, -0.15) is 0 Å². The first-order chi connectivity index (χ1) is 10.0. The van der Waals surface area contributed by atoms with Gasteiger partial charge >= 0.3 is 0 Å². The molecule has 0 spiro atoms. The van der Waals surface area contributed by atoms with E-state index < -0.39 is 64.5 Å². The van der Waals surface area contributed by atoms with E-state index in [0.29, 0.717) is 0 Å². The molecule has 6 atom stereocenters. The molecule has 1 saturated heterocycles. The molecule has 0 saturated carbocycles. The molecule has 6 N–H and O–H groups in total. The van der Waals surface area contributed by atoms with Gasteiger partial charge in [-0.1, -0.05) is 0 Å². The number of rotatable bonds is 6. The van der Waals surface area contributed by atoms with E-state index in [9.17, 15) is 38.5 Å². The van der Waals surface area contributed by atoms with Crippen molar-refractivity contribution < 1.29 is 47.8 Å². The van der Waals surface area contributed by atoms with Gasteiger partial charge in [0.15, 0.2) is 0 Å². The highest BCUT2D eigenvalue weighted by Crippen LogP contribution is 2.19. The van der Waals surface area contributed by atoms with E-state index in [-0.39, 0.29) is 17.3 Å². The van der Waals surface area contributed by atoms with Crippen LogP contribution in [0, 0.1) is 0 Å². The van der Waals surface area contributed by atoms with Crippen LogP contribution in [0.5, 0.6) is 0 Å². The van der Waals surface area contributed by atoms with E-state index >= 15 is 0 Å². The van der Waals surface area contributed by atoms with E-state index in [1.165, 1.54) is 0 Å². The average molecular weight is 364 g/mol. The molecule has 0 aromatic carbocycles. The molecule has 0 aromatic heterocycles. The molecule has 0 aliphatic carbocycles. The predicted molar refractivity (Wildman–Crippen MR) is 73.7 cm³/mol. The number of hydrogen-bond donors (Lipinski definition) is 6. The first-order valence-corrected chi connectivity index (χ1v) is 9.41. The Morgan fingerprint density at radius 1 is 1.14 bits per heavy atom. The van der Waals surface area contributed by atoms with Crippen molar-refractivity contribution in [2.45, 2.75) is 36.6 Å². The maximum atomic E-state index is 10.5. The standard InChI is InChI=1S/C10H20O10S2/c11-1-8(20-22(17,18)19)5(12)2-21-3-6(13)9(15)10(16)7(14)4-21/h5-16H,1-4H2/t5-,6+,7+,8+,9+,10+/m0/s1. The van der Waals surface area contributed by atoms with Crippen molar-refractivity contribution in [1.29, 1.82) is 0 Å². The molecule has 0 amide bonds. The molecule has 0 aromatic rings. The van der Waals surface area contributed by atoms with Gasteiger partial charge in [0, 0.05) is 0 Å². The highest BCUT2D eigenvalue weighted by molar-refractivity contribution is 7.97. The van der Waals surface area contributed by atoms with Crippen molar-refractivity contribution in [3.05, 3.63) is 0 Å². The lowest BCUT2D eigenvalue weighted by molar-refractivity contribution is -0.0894. The zero-order chi connectivity index (χ0) is 17.1. The molecule has 132 valence electrons. The van der Waals surface area contributed by atoms with Gasteiger partial charge in [-0.25, -0.2) is 8.42 Å². The third-order valence-electron chi connectivity index (χ3n) is 3.21. The van der Waals surface area contributed by atoms with Gasteiger partial charge in [-0.05, 0) is 10.9 Å². The van der Waals surface area contributed by atoms with Crippen LogP contribution in [0.2, 0.25) is 0 Å². The fraction of sp³-hybridized carbons (Fsp3) is 1.00. The molecule has 1 aliphatic heterocycles. The van der Waals surface area contributed by atoms with Crippen LogP contribution in [-0.4, -0.2) is 104 Å². The first-order valence-electron chi connectivity index (χ1n) is 6.34. The molecule has 1 aliphatic rings. The highest BCUT2D eigenvalue weighted by atomic mass is 32.3. The van der Waals surface area contributed by atoms with E-state index in [1.807, 2.05) is 0 Å². The number of aliphatic hydroxyl groups excluding tert-OH is 6. The van der Waals surface area contributed by atoms with Crippen LogP contribution < -0.4 is 0 Å². The minimum Gasteiger partial charge on any atom is -0.726 e. The Morgan fingerprint density at radius 2 is 1.59 bits per heavy atom. The summed E-state index contributed by atoms with van der Waals surface area (Å²) < 4.78 is 35.5. The Labute approximate surface area is 130 Å². The van der Waals surface area contributed by atoms with Crippen molar-refractivity contribution in [1.82, 2.24) is 0 Å². The molecular weight excluding hydrogens is 344 g/mol. The normalized spacial score (nSPS) is 36.6. The molecule has 10 nitrogen and oxygen atoms in total. The third kappa shape index (κ3) is 5.88. The minimum absolute atomic E-state index is 0.0470. The average Bonchev–Trinajstić information content (AvgIpc) is 2.48. The molecular formula is C10H20O10S2. The van der Waals surface area contributed by atoms with Crippen LogP contribution in [-0.2, 0) is 25.5 Å². The molecule has 22 heavy (non-hydrogen) atoms. The Balaban J connectivity index is 2.71. The Kier molecular flexibility index (Phi) is 7.45. The summed E-state index contributed by atoms with van der Waals surface area (Å²) in [5, 5.41) is 57.3. The summed E-state index contributed by atoms with van der Waals surface area (Å²) in [4.78, 5) is 0. The highest BCUT2D eigenvalue weighted by Gasteiger charge is 2.43. The second kappa shape index (κ2) is 8.19. The summed E-state index contributed by atoms with van der Waals surface area (Å²) in [6.07, 6.45) is -8.96. The van der Waals surface area contributed by atoms with Gasteiger partial charge in [0.05, 0.1) is 6.61 Å². The van der Waals surface area contributed by atoms with E-state index in [4.69, 9.17) is 5.11 Å². The van der Waals surface area contributed by atoms with Gasteiger partial charge < -0.3 is 35.2 Å². The molecule has 0 unspecified atom stereocenters. The van der Waals surface area contributed by atoms with Crippen molar-refractivity contribution in [2.75, 3.05) is 23.9 Å². The summed E-state index contributed by atoms with van der Waals surface area (Å²) in [6.45, 7) is -0.920. The minimum atomic E-state index is -5.11. The topological polar surface area (TPSA) is 188 Å². The quantitative estimate of drug-likeness (QED) is 0.152. The van der Waals surface area contributed by atoms with E-state index in [0.717, 1.165) is 0 Å². The molecule has 0 radical (unpaired) electrons. The fourth-order valence-electron chi connectivity index (χ4n) is 2.06. The van der Waals surface area contributed by atoms with E-state index in [1.54, 1.807) is 0 Å². The van der Waals surface area contributed by atoms with Gasteiger partial charge in [0.2, 0.25) is 10.4 Å². The summed E-state index contributed by atoms with van der Waals surface area (Å²) in [5.41, 5.74) is 0. The van der Waals surface area contributed by atoms with Crippen LogP contribution in [0.1, 0.15) is 0 Å². The molecule has 1 rings (SSSR count). The summed E-state index contributed by atoms with van der Waals surface area (Å²) in [5.74, 6) is -0.280. The van der Waals surface area contributed by atoms with Gasteiger partial charge in [0.1, 0.15) is 53.9 Å². The second-order valence-corrected chi connectivity index (χ2v) is 8.25. The van der Waals surface area contributed by atoms with Crippen molar-refractivity contribution in [2.24, 2.45) is 0 Å². The van der Waals surface area contributed by atoms with Crippen molar-refractivity contribution in [3.8, 4) is 0 Å². The maximum absolute atomic E-state index is 10.5. The maximum Gasteiger partial charge on any atom is 0.218 e. The Bertz CT molecular complexity index is 427. The van der Waals surface area contributed by atoms with Gasteiger partial charge in [-0.3, -0.25) is 4.18 Å². The lowest BCUT2D eigenvalue weighted by atomic mass is 10.1. The Hall–Kier alpha value is -0.0200. The molecule has 0 bridgehead atoms.